The van der Waals surface area contributed by atoms with Crippen molar-refractivity contribution in [2.75, 3.05) is 5.32 Å². The van der Waals surface area contributed by atoms with Gasteiger partial charge in [0.2, 0.25) is 5.82 Å². The number of hydrogen-bond acceptors (Lipinski definition) is 4. The van der Waals surface area contributed by atoms with Crippen molar-refractivity contribution in [2.24, 2.45) is 0 Å². The average molecular weight is 252 g/mol. The Balaban J connectivity index is 2.04. The molecule has 0 bridgehead atoms. The fraction of sp³-hybridized carbons (Fsp3) is 0.267. The van der Waals surface area contributed by atoms with E-state index in [-0.39, 0.29) is 5.82 Å². The first kappa shape index (κ1) is 13.0. The maximum atomic E-state index is 8.74. The number of nitrogens with one attached hydrogen (secondary N) is 1. The summed E-state index contributed by atoms with van der Waals surface area (Å²) in [6, 6.07) is 11.9. The minimum Gasteiger partial charge on any atom is -0.340 e. The summed E-state index contributed by atoms with van der Waals surface area (Å²) in [5, 5.41) is 11.9. The minimum atomic E-state index is 0.171. The van der Waals surface area contributed by atoms with E-state index in [1.807, 2.05) is 18.2 Å². The molecule has 0 atom stereocenters. The second kappa shape index (κ2) is 6.50. The zero-order valence-corrected chi connectivity index (χ0v) is 10.9. The molecule has 2 rings (SSSR count). The van der Waals surface area contributed by atoms with E-state index in [1.165, 1.54) is 18.4 Å². The van der Waals surface area contributed by atoms with Crippen LogP contribution in [-0.2, 0) is 6.42 Å². The highest BCUT2D eigenvalue weighted by molar-refractivity contribution is 5.56. The summed E-state index contributed by atoms with van der Waals surface area (Å²) >= 11 is 0. The number of nitriles is 1. The SMILES string of the molecule is CCCCc1ccc(Nc2ccnc(C#N)n2)cc1. The van der Waals surface area contributed by atoms with Crippen LogP contribution in [0.25, 0.3) is 0 Å². The number of hydrogen-bond donors (Lipinski definition) is 1. The fourth-order valence-corrected chi connectivity index (χ4v) is 1.77. The molecule has 0 saturated carbocycles. The summed E-state index contributed by atoms with van der Waals surface area (Å²) in [6.45, 7) is 2.19. The molecule has 4 nitrogen and oxygen atoms in total. The second-order valence-electron chi connectivity index (χ2n) is 4.30. The molecule has 0 aliphatic carbocycles. The number of rotatable bonds is 5. The third-order valence-electron chi connectivity index (χ3n) is 2.80. The highest BCUT2D eigenvalue weighted by Gasteiger charge is 1.99. The van der Waals surface area contributed by atoms with Crippen molar-refractivity contribution in [3.05, 3.63) is 47.9 Å². The summed E-state index contributed by atoms with van der Waals surface area (Å²) in [5.41, 5.74) is 2.30. The lowest BCUT2D eigenvalue weighted by molar-refractivity contribution is 0.795. The molecule has 1 heterocycles. The Kier molecular flexibility index (Phi) is 4.46. The fourth-order valence-electron chi connectivity index (χ4n) is 1.77. The van der Waals surface area contributed by atoms with Crippen molar-refractivity contribution in [1.82, 2.24) is 9.97 Å². The highest BCUT2D eigenvalue weighted by atomic mass is 15.0. The first-order valence-corrected chi connectivity index (χ1v) is 6.41. The van der Waals surface area contributed by atoms with Crippen LogP contribution in [0.1, 0.15) is 31.2 Å². The van der Waals surface area contributed by atoms with Gasteiger partial charge in [0, 0.05) is 11.9 Å². The van der Waals surface area contributed by atoms with Crippen molar-refractivity contribution in [3.8, 4) is 6.07 Å². The monoisotopic (exact) mass is 252 g/mol. The van der Waals surface area contributed by atoms with Gasteiger partial charge >= 0.3 is 0 Å². The molecule has 4 heteroatoms. The van der Waals surface area contributed by atoms with Gasteiger partial charge in [0.25, 0.3) is 0 Å². The lowest BCUT2D eigenvalue weighted by atomic mass is 10.1. The lowest BCUT2D eigenvalue weighted by Crippen LogP contribution is -1.97. The van der Waals surface area contributed by atoms with E-state index < -0.39 is 0 Å². The Morgan fingerprint density at radius 2 is 2.00 bits per heavy atom. The predicted molar refractivity (Wildman–Crippen MR) is 75.1 cm³/mol. The third kappa shape index (κ3) is 3.78. The van der Waals surface area contributed by atoms with Crippen LogP contribution in [0.2, 0.25) is 0 Å². The highest BCUT2D eigenvalue weighted by Crippen LogP contribution is 2.16. The third-order valence-corrected chi connectivity index (χ3v) is 2.80. The van der Waals surface area contributed by atoms with Crippen LogP contribution < -0.4 is 5.32 Å². The largest absolute Gasteiger partial charge is 0.340 e. The maximum absolute atomic E-state index is 8.74. The summed E-state index contributed by atoms with van der Waals surface area (Å²) in [4.78, 5) is 7.91. The standard InChI is InChI=1S/C15H16N4/c1-2-3-4-12-5-7-13(8-6-12)18-14-9-10-17-15(11-16)19-14/h5-10H,2-4H2,1H3,(H,17,18,19). The number of aryl methyl sites for hydroxylation is 1. The van der Waals surface area contributed by atoms with Crippen molar-refractivity contribution in [2.45, 2.75) is 26.2 Å². The van der Waals surface area contributed by atoms with Gasteiger partial charge in [0.15, 0.2) is 0 Å². The summed E-state index contributed by atoms with van der Waals surface area (Å²) in [6.07, 6.45) is 5.11. The molecule has 1 aromatic carbocycles. The number of benzene rings is 1. The molecule has 1 aromatic heterocycles. The van der Waals surface area contributed by atoms with Crippen molar-refractivity contribution in [1.29, 1.82) is 5.26 Å². The van der Waals surface area contributed by atoms with Crippen LogP contribution in [0.5, 0.6) is 0 Å². The summed E-state index contributed by atoms with van der Waals surface area (Å²) in [7, 11) is 0. The van der Waals surface area contributed by atoms with E-state index in [4.69, 9.17) is 5.26 Å². The molecule has 0 amide bonds. The van der Waals surface area contributed by atoms with Crippen molar-refractivity contribution >= 4 is 11.5 Å². The van der Waals surface area contributed by atoms with Crippen molar-refractivity contribution < 1.29 is 0 Å². The Hall–Kier alpha value is -2.41. The van der Waals surface area contributed by atoms with Gasteiger partial charge in [0.1, 0.15) is 11.9 Å². The molecule has 0 saturated heterocycles. The molecule has 0 aliphatic rings. The van der Waals surface area contributed by atoms with E-state index in [2.05, 4.69) is 34.3 Å². The van der Waals surface area contributed by atoms with Gasteiger partial charge < -0.3 is 5.32 Å². The molecule has 1 N–H and O–H groups in total. The van der Waals surface area contributed by atoms with Gasteiger partial charge in [-0.25, -0.2) is 9.97 Å². The van der Waals surface area contributed by atoms with Crippen LogP contribution in [-0.4, -0.2) is 9.97 Å². The Morgan fingerprint density at radius 1 is 1.21 bits per heavy atom. The van der Waals surface area contributed by atoms with Gasteiger partial charge in [-0.2, -0.15) is 5.26 Å². The van der Waals surface area contributed by atoms with Gasteiger partial charge in [0.05, 0.1) is 0 Å². The maximum Gasteiger partial charge on any atom is 0.234 e. The van der Waals surface area contributed by atoms with Crippen LogP contribution in [0.15, 0.2) is 36.5 Å². The minimum absolute atomic E-state index is 0.171. The molecule has 0 fully saturated rings. The van der Waals surface area contributed by atoms with Gasteiger partial charge in [-0.05, 0) is 36.6 Å². The topological polar surface area (TPSA) is 61.6 Å². The zero-order chi connectivity index (χ0) is 13.5. The predicted octanol–water partition coefficient (Wildman–Crippen LogP) is 3.43. The Morgan fingerprint density at radius 3 is 2.68 bits per heavy atom. The molecule has 2 aromatic rings. The number of nitrogens with zero attached hydrogens (tertiary/aromatic N) is 3. The van der Waals surface area contributed by atoms with E-state index in [1.54, 1.807) is 12.3 Å². The molecule has 0 spiro atoms. The van der Waals surface area contributed by atoms with Crippen LogP contribution in [0, 0.1) is 11.3 Å². The van der Waals surface area contributed by atoms with Crippen LogP contribution in [0.3, 0.4) is 0 Å². The molecule has 0 aliphatic heterocycles. The molecule has 0 radical (unpaired) electrons. The summed E-state index contributed by atoms with van der Waals surface area (Å²) in [5.74, 6) is 0.803. The first-order valence-electron chi connectivity index (χ1n) is 6.41. The quantitative estimate of drug-likeness (QED) is 0.885. The first-order chi connectivity index (χ1) is 9.31. The molecule has 19 heavy (non-hydrogen) atoms. The number of aromatic nitrogens is 2. The molecule has 96 valence electrons. The average Bonchev–Trinajstić information content (AvgIpc) is 2.47. The van der Waals surface area contributed by atoms with Gasteiger partial charge in [-0.1, -0.05) is 25.5 Å². The van der Waals surface area contributed by atoms with E-state index in [9.17, 15) is 0 Å². The number of anilines is 2. The zero-order valence-electron chi connectivity index (χ0n) is 10.9. The molecular formula is C15H16N4. The molecule has 0 unspecified atom stereocenters. The van der Waals surface area contributed by atoms with E-state index >= 15 is 0 Å². The Bertz CT molecular complexity index is 569. The van der Waals surface area contributed by atoms with Crippen molar-refractivity contribution in [3.63, 3.8) is 0 Å². The van der Waals surface area contributed by atoms with Crippen LogP contribution >= 0.6 is 0 Å². The number of unbranched alkanes of at least 4 members (excludes halogenated alkanes) is 1. The summed E-state index contributed by atoms with van der Waals surface area (Å²) < 4.78 is 0. The van der Waals surface area contributed by atoms with Crippen LogP contribution in [0.4, 0.5) is 11.5 Å². The van der Waals surface area contributed by atoms with E-state index in [0.29, 0.717) is 5.82 Å². The lowest BCUT2D eigenvalue weighted by Gasteiger charge is -2.06. The van der Waals surface area contributed by atoms with E-state index in [0.717, 1.165) is 12.1 Å². The Labute approximate surface area is 113 Å². The normalized spacial score (nSPS) is 9.89. The van der Waals surface area contributed by atoms with Gasteiger partial charge in [-0.3, -0.25) is 0 Å². The molecular weight excluding hydrogens is 236 g/mol. The van der Waals surface area contributed by atoms with Gasteiger partial charge in [-0.15, -0.1) is 0 Å². The second-order valence-corrected chi connectivity index (χ2v) is 4.30. The smallest absolute Gasteiger partial charge is 0.234 e.